The van der Waals surface area contributed by atoms with Crippen molar-refractivity contribution in [3.8, 4) is 61.9 Å². The fourth-order valence-electron chi connectivity index (χ4n) is 7.18. The lowest BCUT2D eigenvalue weighted by molar-refractivity contribution is 0.0916. The lowest BCUT2D eigenvalue weighted by Gasteiger charge is -2.16. The molecular weight excluding hydrogens is 1140 g/mol. The topological polar surface area (TPSA) is 264 Å². The summed E-state index contributed by atoms with van der Waals surface area (Å²) in [7, 11) is -2.12. The Hall–Kier alpha value is -8.59. The first-order valence-electron chi connectivity index (χ1n) is 24.6. The average molecular weight is 1200 g/mol. The van der Waals surface area contributed by atoms with Gasteiger partial charge < -0.3 is 47.9 Å². The highest BCUT2D eigenvalue weighted by atomic mass is 32.2. The molecule has 0 aliphatic carbocycles. The summed E-state index contributed by atoms with van der Waals surface area (Å²) in [6, 6.07) is 35.5. The number of nitrogens with zero attached hydrogens (tertiary/aromatic N) is 2. The number of carbonyl (C=O) groups is 3. The second-order valence-corrected chi connectivity index (χ2v) is 23.9. The van der Waals surface area contributed by atoms with Crippen molar-refractivity contribution in [1.29, 1.82) is 0 Å². The third kappa shape index (κ3) is 18.7. The van der Waals surface area contributed by atoms with E-state index in [4.69, 9.17) is 42.6 Å². The summed E-state index contributed by atoms with van der Waals surface area (Å²) < 4.78 is 97.8. The van der Waals surface area contributed by atoms with E-state index in [0.29, 0.717) is 80.2 Å². The average Bonchev–Trinajstić information content (AvgIpc) is 4.14. The minimum atomic E-state index is -3.36. The van der Waals surface area contributed by atoms with Crippen LogP contribution in [0.2, 0.25) is 0 Å². The molecule has 0 bridgehead atoms. The first-order chi connectivity index (χ1) is 39.1. The maximum Gasteiger partial charge on any atom is 0.412 e. The monoisotopic (exact) mass is 1200 g/mol. The van der Waals surface area contributed by atoms with Gasteiger partial charge in [-0.1, -0.05) is 40.9 Å². The first kappa shape index (κ1) is 61.0. The Morgan fingerprint density at radius 2 is 0.915 bits per heavy atom. The number of carbonyl (C=O) groups excluding carboxylic acids is 3. The van der Waals surface area contributed by atoms with Crippen LogP contribution in [-0.2, 0) is 29.1 Å². The number of benzene rings is 6. The Balaban J connectivity index is 0.000000237. The van der Waals surface area contributed by atoms with Gasteiger partial charge in [-0.3, -0.25) is 20.2 Å². The number of methoxy groups -OCH3 is 2. The predicted molar refractivity (Wildman–Crippen MR) is 309 cm³/mol. The third-order valence-corrected chi connectivity index (χ3v) is 14.6. The van der Waals surface area contributed by atoms with Crippen LogP contribution in [0.5, 0.6) is 61.9 Å². The molecule has 2 heterocycles. The summed E-state index contributed by atoms with van der Waals surface area (Å²) >= 11 is 2.29. The Kier molecular flexibility index (Phi) is 21.0. The lowest BCUT2D eigenvalue weighted by Crippen LogP contribution is -2.21. The van der Waals surface area contributed by atoms with Crippen molar-refractivity contribution >= 4 is 70.5 Å². The van der Waals surface area contributed by atoms with Crippen molar-refractivity contribution in [3.05, 3.63) is 163 Å². The molecular formula is C57H57N5O16S4. The lowest BCUT2D eigenvalue weighted by atomic mass is 10.2. The van der Waals surface area contributed by atoms with Gasteiger partial charge in [0.2, 0.25) is 10.1 Å². The minimum Gasteiger partial charge on any atom is -0.488 e. The van der Waals surface area contributed by atoms with Crippen molar-refractivity contribution in [1.82, 2.24) is 15.3 Å². The van der Waals surface area contributed by atoms with Gasteiger partial charge in [0.15, 0.2) is 29.9 Å². The van der Waals surface area contributed by atoms with Crippen LogP contribution in [0, 0.1) is 6.92 Å². The molecule has 430 valence electrons. The summed E-state index contributed by atoms with van der Waals surface area (Å²) in [6.45, 7) is 6.30. The number of nitrogens with one attached hydrogen (secondary N) is 3. The molecule has 0 spiro atoms. The normalized spacial score (nSPS) is 11.9. The SMILES string of the molecule is CNC(=O)Oc1cccc(Oc2cnc(NC(=O)c3cc(Oc4ccc(S(C)(=O)=O)cc4)cc(O[C@@H](C)COC)c3)s2)c1.COC[C@H](C)Oc1cc(Oc2ccc(S(C)(=O)=O)cc2)cc(C(=O)Nc2ncc(Oc3cccc(C)c3)s2)c1. The smallest absolute Gasteiger partial charge is 0.412 e. The van der Waals surface area contributed by atoms with Crippen molar-refractivity contribution < 1.29 is 73.9 Å². The van der Waals surface area contributed by atoms with Crippen LogP contribution in [-0.4, -0.2) is 104 Å². The molecule has 0 saturated carbocycles. The van der Waals surface area contributed by atoms with Crippen LogP contribution in [0.15, 0.2) is 156 Å². The zero-order valence-corrected chi connectivity index (χ0v) is 48.8. The van der Waals surface area contributed by atoms with Crippen LogP contribution in [0.3, 0.4) is 0 Å². The van der Waals surface area contributed by atoms with E-state index >= 15 is 0 Å². The molecule has 3 amide bonds. The molecule has 0 unspecified atom stereocenters. The molecule has 2 aromatic heterocycles. The van der Waals surface area contributed by atoms with E-state index in [-0.39, 0.29) is 38.3 Å². The highest BCUT2D eigenvalue weighted by Gasteiger charge is 2.19. The Labute approximate surface area is 481 Å². The van der Waals surface area contributed by atoms with Crippen LogP contribution in [0.4, 0.5) is 15.1 Å². The van der Waals surface area contributed by atoms with E-state index in [1.165, 1.54) is 67.0 Å². The first-order valence-corrected chi connectivity index (χ1v) is 30.1. The summed E-state index contributed by atoms with van der Waals surface area (Å²) in [5.41, 5.74) is 1.56. The van der Waals surface area contributed by atoms with Crippen LogP contribution in [0.1, 0.15) is 40.1 Å². The largest absolute Gasteiger partial charge is 0.488 e. The van der Waals surface area contributed by atoms with Gasteiger partial charge in [-0.05, 0) is 123 Å². The number of sulfone groups is 2. The van der Waals surface area contributed by atoms with Gasteiger partial charge in [-0.2, -0.15) is 0 Å². The van der Waals surface area contributed by atoms with Crippen molar-refractivity contribution in [3.63, 3.8) is 0 Å². The zero-order chi connectivity index (χ0) is 59.0. The number of aryl methyl sites for hydroxylation is 1. The maximum atomic E-state index is 13.2. The molecule has 0 aliphatic rings. The molecule has 82 heavy (non-hydrogen) atoms. The fraction of sp³-hybridized carbons (Fsp3) is 0.211. The van der Waals surface area contributed by atoms with Gasteiger partial charge in [0.1, 0.15) is 64.0 Å². The molecule has 0 aliphatic heterocycles. The van der Waals surface area contributed by atoms with Gasteiger partial charge >= 0.3 is 6.09 Å². The molecule has 0 radical (unpaired) electrons. The van der Waals surface area contributed by atoms with E-state index in [0.717, 1.165) is 29.4 Å². The molecule has 25 heteroatoms. The van der Waals surface area contributed by atoms with Crippen LogP contribution < -0.4 is 49.1 Å². The summed E-state index contributed by atoms with van der Waals surface area (Å²) in [4.78, 5) is 46.7. The van der Waals surface area contributed by atoms with Crippen LogP contribution in [0.25, 0.3) is 0 Å². The number of rotatable bonds is 23. The van der Waals surface area contributed by atoms with Gasteiger partial charge in [0.25, 0.3) is 11.8 Å². The third-order valence-electron chi connectivity index (χ3n) is 10.8. The second kappa shape index (κ2) is 28.2. The van der Waals surface area contributed by atoms with Gasteiger partial charge in [-0.15, -0.1) is 0 Å². The van der Waals surface area contributed by atoms with Gasteiger partial charge in [0, 0.05) is 63.1 Å². The summed E-state index contributed by atoms with van der Waals surface area (Å²) in [5, 5.41) is 9.44. The van der Waals surface area contributed by atoms with Gasteiger partial charge in [-0.25, -0.2) is 31.6 Å². The Morgan fingerprint density at radius 3 is 1.33 bits per heavy atom. The minimum absolute atomic E-state index is 0.155. The number of hydrogen-bond acceptors (Lipinski definition) is 20. The van der Waals surface area contributed by atoms with Crippen molar-refractivity contribution in [2.45, 2.75) is 42.8 Å². The quantitative estimate of drug-likeness (QED) is 0.0537. The Bertz CT molecular complexity index is 3730. The van der Waals surface area contributed by atoms with Gasteiger partial charge in [0.05, 0.1) is 35.4 Å². The van der Waals surface area contributed by atoms with E-state index in [9.17, 15) is 31.2 Å². The molecule has 0 fully saturated rings. The number of ether oxygens (including phenoxy) is 9. The highest BCUT2D eigenvalue weighted by Crippen LogP contribution is 2.36. The molecule has 21 nitrogen and oxygen atoms in total. The van der Waals surface area contributed by atoms with Crippen molar-refractivity contribution in [2.75, 3.05) is 57.6 Å². The predicted octanol–water partition coefficient (Wildman–Crippen LogP) is 11.6. The maximum absolute atomic E-state index is 13.2. The van der Waals surface area contributed by atoms with E-state index in [1.54, 1.807) is 87.1 Å². The molecule has 8 aromatic rings. The van der Waals surface area contributed by atoms with E-state index in [1.807, 2.05) is 45.0 Å². The van der Waals surface area contributed by atoms with Crippen LogP contribution >= 0.6 is 22.7 Å². The molecule has 0 saturated heterocycles. The fourth-order valence-corrected chi connectivity index (χ4v) is 9.81. The molecule has 3 N–H and O–H groups in total. The molecule has 2 atom stereocenters. The van der Waals surface area contributed by atoms with Crippen molar-refractivity contribution in [2.24, 2.45) is 0 Å². The summed E-state index contributed by atoms with van der Waals surface area (Å²) in [6.07, 6.45) is 4.04. The summed E-state index contributed by atoms with van der Waals surface area (Å²) in [5.74, 6) is 2.62. The molecule has 6 aromatic carbocycles. The van der Waals surface area contributed by atoms with E-state index in [2.05, 4.69) is 25.9 Å². The number of anilines is 2. The highest BCUT2D eigenvalue weighted by molar-refractivity contribution is 7.91. The Morgan fingerprint density at radius 1 is 0.512 bits per heavy atom. The number of amides is 3. The van der Waals surface area contributed by atoms with E-state index < -0.39 is 37.6 Å². The molecule has 8 rings (SSSR count). The number of aromatic nitrogens is 2. The standard InChI is InChI=1S/C29H29N3O9S2.C28H28N2O7S2/c1-18(17-37-3)38-23-12-19(13-24(15-23)39-20-8-10-25(11-9-20)43(4,35)36)27(33)32-28-31-16-26(42-28)40-21-6-5-7-22(14-21)41-29(34)30-2;1-18-6-5-7-22(12-18)37-26-16-29-28(38-26)30-27(31)20-13-23(35-19(2)17-34-3)15-24(14-20)36-21-8-10-25(11-9-21)39(4,32)33/h5-16,18H,17H2,1-4H3,(H,30,34)(H,31,32,33);5-16,19H,17H2,1-4H3,(H,29,30,31)/t18-;19-/m00/s1. The number of hydrogen-bond donors (Lipinski definition) is 3. The zero-order valence-electron chi connectivity index (χ0n) is 45.5. The number of thiazole rings is 2. The second-order valence-electron chi connectivity index (χ2n) is 17.9.